The first-order chi connectivity index (χ1) is 12.2. The second-order valence-electron chi connectivity index (χ2n) is 5.55. The van der Waals surface area contributed by atoms with Crippen LogP contribution in [0.2, 0.25) is 0 Å². The fraction of sp³-hybridized carbons (Fsp3) is 0.312. The first kappa shape index (κ1) is 18.9. The summed E-state index contributed by atoms with van der Waals surface area (Å²) in [5, 5.41) is 28.6. The summed E-state index contributed by atoms with van der Waals surface area (Å²) in [6, 6.07) is 4.68. The molecule has 138 valence electrons. The molecule has 2 N–H and O–H groups in total. The van der Waals surface area contributed by atoms with Crippen LogP contribution in [0.4, 0.5) is 5.69 Å². The fourth-order valence-electron chi connectivity index (χ4n) is 2.39. The smallest absolute Gasteiger partial charge is 0.312 e. The Balaban J connectivity index is 2.10. The van der Waals surface area contributed by atoms with E-state index in [9.17, 15) is 20.0 Å². The SMILES string of the molecule is COc1cc(/C(C)=N/NC(=O)Cn2nc(C)c([N+](=O)[O-])c2C)ccc1O. The van der Waals surface area contributed by atoms with E-state index in [4.69, 9.17) is 4.74 Å². The lowest BCUT2D eigenvalue weighted by atomic mass is 10.1. The second-order valence-corrected chi connectivity index (χ2v) is 5.55. The summed E-state index contributed by atoms with van der Waals surface area (Å²) in [5.41, 5.74) is 3.97. The van der Waals surface area contributed by atoms with Crippen molar-refractivity contribution in [3.63, 3.8) is 0 Å². The van der Waals surface area contributed by atoms with Crippen molar-refractivity contribution < 1.29 is 19.6 Å². The highest BCUT2D eigenvalue weighted by molar-refractivity contribution is 5.99. The number of hydrazone groups is 1. The Morgan fingerprint density at radius 3 is 2.73 bits per heavy atom. The zero-order chi connectivity index (χ0) is 19.4. The summed E-state index contributed by atoms with van der Waals surface area (Å²) in [6.45, 7) is 4.53. The van der Waals surface area contributed by atoms with E-state index in [1.807, 2.05) is 0 Å². The lowest BCUT2D eigenvalue weighted by Crippen LogP contribution is -2.25. The molecule has 0 saturated heterocycles. The number of methoxy groups -OCH3 is 1. The third-order valence-electron chi connectivity index (χ3n) is 3.77. The van der Waals surface area contributed by atoms with Gasteiger partial charge in [-0.1, -0.05) is 0 Å². The lowest BCUT2D eigenvalue weighted by Gasteiger charge is -2.07. The zero-order valence-corrected chi connectivity index (χ0v) is 14.8. The Hall–Kier alpha value is -3.43. The number of nitrogens with zero attached hydrogens (tertiary/aromatic N) is 4. The Kier molecular flexibility index (Phi) is 5.55. The Bertz CT molecular complexity index is 887. The monoisotopic (exact) mass is 361 g/mol. The molecule has 0 radical (unpaired) electrons. The van der Waals surface area contributed by atoms with Crippen molar-refractivity contribution in [2.45, 2.75) is 27.3 Å². The molecule has 0 atom stereocenters. The van der Waals surface area contributed by atoms with E-state index in [1.54, 1.807) is 19.1 Å². The summed E-state index contributed by atoms with van der Waals surface area (Å²) in [6.07, 6.45) is 0. The van der Waals surface area contributed by atoms with Crippen molar-refractivity contribution in [2.24, 2.45) is 5.10 Å². The summed E-state index contributed by atoms with van der Waals surface area (Å²) in [5.74, 6) is -0.187. The van der Waals surface area contributed by atoms with E-state index >= 15 is 0 Å². The largest absolute Gasteiger partial charge is 0.504 e. The average Bonchev–Trinajstić information content (AvgIpc) is 2.86. The van der Waals surface area contributed by atoms with Crippen molar-refractivity contribution >= 4 is 17.3 Å². The number of rotatable bonds is 6. The number of phenols is 1. The van der Waals surface area contributed by atoms with Gasteiger partial charge in [-0.05, 0) is 39.0 Å². The van der Waals surface area contributed by atoms with Crippen LogP contribution < -0.4 is 10.2 Å². The Morgan fingerprint density at radius 2 is 2.15 bits per heavy atom. The molecule has 10 nitrogen and oxygen atoms in total. The van der Waals surface area contributed by atoms with E-state index in [0.29, 0.717) is 22.7 Å². The molecule has 0 fully saturated rings. The Labute approximate surface area is 149 Å². The summed E-state index contributed by atoms with van der Waals surface area (Å²) >= 11 is 0. The van der Waals surface area contributed by atoms with Gasteiger partial charge in [-0.3, -0.25) is 19.6 Å². The molecule has 0 unspecified atom stereocenters. The average molecular weight is 361 g/mol. The maximum Gasteiger partial charge on any atom is 0.312 e. The molecule has 26 heavy (non-hydrogen) atoms. The van der Waals surface area contributed by atoms with Crippen molar-refractivity contribution in [3.05, 3.63) is 45.3 Å². The molecule has 0 saturated carbocycles. The number of nitrogens with one attached hydrogen (secondary N) is 1. The van der Waals surface area contributed by atoms with E-state index < -0.39 is 10.8 Å². The number of aryl methyl sites for hydroxylation is 1. The van der Waals surface area contributed by atoms with Crippen LogP contribution in [0.1, 0.15) is 23.9 Å². The van der Waals surface area contributed by atoms with Crippen LogP contribution in [0.25, 0.3) is 0 Å². The van der Waals surface area contributed by atoms with Gasteiger partial charge < -0.3 is 9.84 Å². The third-order valence-corrected chi connectivity index (χ3v) is 3.77. The van der Waals surface area contributed by atoms with Crippen LogP contribution in [0, 0.1) is 24.0 Å². The van der Waals surface area contributed by atoms with Gasteiger partial charge in [0.2, 0.25) is 0 Å². The van der Waals surface area contributed by atoms with Crippen LogP contribution in [0.3, 0.4) is 0 Å². The van der Waals surface area contributed by atoms with Crippen molar-refractivity contribution in [1.29, 1.82) is 0 Å². The van der Waals surface area contributed by atoms with Gasteiger partial charge in [0.15, 0.2) is 11.5 Å². The number of aromatic hydroxyl groups is 1. The number of benzene rings is 1. The van der Waals surface area contributed by atoms with Gasteiger partial charge in [0.1, 0.15) is 17.9 Å². The molecule has 0 spiro atoms. The maximum atomic E-state index is 12.1. The number of amides is 1. The number of nitro groups is 1. The summed E-state index contributed by atoms with van der Waals surface area (Å²) in [4.78, 5) is 22.5. The molecule has 0 aliphatic carbocycles. The highest BCUT2D eigenvalue weighted by Gasteiger charge is 2.22. The van der Waals surface area contributed by atoms with Gasteiger partial charge >= 0.3 is 5.69 Å². The molecular formula is C16H19N5O5. The molecule has 1 heterocycles. The molecule has 1 amide bonds. The van der Waals surface area contributed by atoms with Gasteiger partial charge in [-0.25, -0.2) is 5.43 Å². The highest BCUT2D eigenvalue weighted by atomic mass is 16.6. The van der Waals surface area contributed by atoms with Crippen LogP contribution in [-0.4, -0.2) is 38.5 Å². The zero-order valence-electron chi connectivity index (χ0n) is 14.8. The molecule has 2 aromatic rings. The number of carbonyl (C=O) groups excluding carboxylic acids is 1. The number of ether oxygens (including phenoxy) is 1. The standard InChI is InChI=1S/C16H19N5O5/c1-9(12-5-6-13(22)14(7-12)26-4)17-18-15(23)8-20-11(3)16(21(24)25)10(2)19-20/h5-7,22H,8H2,1-4H3,(H,18,23)/b17-9+. The lowest BCUT2D eigenvalue weighted by molar-refractivity contribution is -0.386. The molecule has 2 rings (SSSR count). The number of aromatic nitrogens is 2. The van der Waals surface area contributed by atoms with E-state index in [1.165, 1.54) is 31.7 Å². The molecule has 0 aliphatic rings. The normalized spacial score (nSPS) is 11.3. The molecule has 1 aromatic carbocycles. The van der Waals surface area contributed by atoms with Gasteiger partial charge in [0, 0.05) is 5.56 Å². The molecule has 0 bridgehead atoms. The minimum Gasteiger partial charge on any atom is -0.504 e. The highest BCUT2D eigenvalue weighted by Crippen LogP contribution is 2.26. The topological polar surface area (TPSA) is 132 Å². The number of phenolic OH excluding ortho intramolecular Hbond substituents is 1. The Morgan fingerprint density at radius 1 is 1.46 bits per heavy atom. The quantitative estimate of drug-likeness (QED) is 0.457. The number of carbonyl (C=O) groups is 1. The molecule has 1 aromatic heterocycles. The maximum absolute atomic E-state index is 12.1. The molecule has 10 heteroatoms. The first-order valence-electron chi connectivity index (χ1n) is 7.63. The van der Waals surface area contributed by atoms with E-state index in [0.717, 1.165) is 0 Å². The van der Waals surface area contributed by atoms with Gasteiger partial charge in [-0.15, -0.1) is 0 Å². The van der Waals surface area contributed by atoms with Crippen LogP contribution in [0.15, 0.2) is 23.3 Å². The van der Waals surface area contributed by atoms with E-state index in [2.05, 4.69) is 15.6 Å². The number of hydrogen-bond donors (Lipinski definition) is 2. The van der Waals surface area contributed by atoms with Crippen molar-refractivity contribution in [2.75, 3.05) is 7.11 Å². The predicted octanol–water partition coefficient (Wildman–Crippen LogP) is 1.66. The first-order valence-corrected chi connectivity index (χ1v) is 7.63. The molecular weight excluding hydrogens is 342 g/mol. The van der Waals surface area contributed by atoms with Crippen molar-refractivity contribution in [1.82, 2.24) is 15.2 Å². The summed E-state index contributed by atoms with van der Waals surface area (Å²) < 4.78 is 6.29. The van der Waals surface area contributed by atoms with Crippen LogP contribution in [-0.2, 0) is 11.3 Å². The van der Waals surface area contributed by atoms with Crippen molar-refractivity contribution in [3.8, 4) is 11.5 Å². The van der Waals surface area contributed by atoms with Gasteiger partial charge in [0.05, 0.1) is 17.7 Å². The number of hydrogen-bond acceptors (Lipinski definition) is 7. The van der Waals surface area contributed by atoms with Crippen LogP contribution in [0.5, 0.6) is 11.5 Å². The minimum atomic E-state index is -0.521. The van der Waals surface area contributed by atoms with Gasteiger partial charge in [0.25, 0.3) is 5.91 Å². The fourth-order valence-corrected chi connectivity index (χ4v) is 2.39. The third kappa shape index (κ3) is 3.97. The predicted molar refractivity (Wildman–Crippen MR) is 93.4 cm³/mol. The second kappa shape index (κ2) is 7.64. The van der Waals surface area contributed by atoms with E-state index in [-0.39, 0.29) is 23.7 Å². The van der Waals surface area contributed by atoms with Crippen LogP contribution >= 0.6 is 0 Å². The van der Waals surface area contributed by atoms with Gasteiger partial charge in [-0.2, -0.15) is 10.2 Å². The summed E-state index contributed by atoms with van der Waals surface area (Å²) in [7, 11) is 1.43. The molecule has 0 aliphatic heterocycles. The minimum absolute atomic E-state index is 0.000734.